The van der Waals surface area contributed by atoms with Gasteiger partial charge in [0.2, 0.25) is 0 Å². The Balaban J connectivity index is 1.80. The highest BCUT2D eigenvalue weighted by Gasteiger charge is 2.18. The highest BCUT2D eigenvalue weighted by molar-refractivity contribution is 5.80. The van der Waals surface area contributed by atoms with Gasteiger partial charge in [0.05, 0.1) is 17.6 Å². The first kappa shape index (κ1) is 19.7. The van der Waals surface area contributed by atoms with Crippen molar-refractivity contribution in [1.82, 2.24) is 19.5 Å². The normalized spacial score (nSPS) is 11.2. The van der Waals surface area contributed by atoms with E-state index < -0.39 is 11.2 Å². The first-order valence-corrected chi connectivity index (χ1v) is 9.56. The van der Waals surface area contributed by atoms with Gasteiger partial charge in [-0.3, -0.25) is 14.6 Å². The maximum atomic E-state index is 12.2. The second kappa shape index (κ2) is 8.77. The van der Waals surface area contributed by atoms with Crippen molar-refractivity contribution in [3.8, 4) is 11.5 Å². The molecule has 8 nitrogen and oxygen atoms in total. The number of carbonyl (C=O) groups is 1. The summed E-state index contributed by atoms with van der Waals surface area (Å²) < 4.78 is 6.82. The number of aryl methyl sites for hydroxylation is 2. The molecule has 1 aromatic carbocycles. The van der Waals surface area contributed by atoms with Gasteiger partial charge in [-0.1, -0.05) is 18.9 Å². The van der Waals surface area contributed by atoms with Crippen LogP contribution in [0.3, 0.4) is 0 Å². The van der Waals surface area contributed by atoms with E-state index in [1.807, 2.05) is 29.7 Å². The molecule has 2 aliphatic rings. The molecule has 0 amide bonds. The van der Waals surface area contributed by atoms with E-state index in [9.17, 15) is 14.4 Å². The molecule has 1 aromatic rings. The van der Waals surface area contributed by atoms with Crippen LogP contribution in [0.25, 0.3) is 22.6 Å². The molecule has 3 rings (SSSR count). The smallest absolute Gasteiger partial charge is 0.349 e. The molecule has 0 radical (unpaired) electrons. The van der Waals surface area contributed by atoms with Crippen LogP contribution in [0.1, 0.15) is 44.6 Å². The molecule has 148 valence electrons. The average molecular weight is 384 g/mol. The third-order valence-electron chi connectivity index (χ3n) is 4.58. The quantitative estimate of drug-likeness (QED) is 0.363. The monoisotopic (exact) mass is 384 g/mol. The van der Waals surface area contributed by atoms with E-state index in [1.165, 1.54) is 0 Å². The second-order valence-corrected chi connectivity index (χ2v) is 6.77. The molecule has 0 aromatic heterocycles. The molecule has 0 atom stereocenters. The van der Waals surface area contributed by atoms with Gasteiger partial charge in [-0.15, -0.1) is 0 Å². The number of nitrogens with one attached hydrogen (secondary N) is 1. The first-order valence-electron chi connectivity index (χ1n) is 9.56. The zero-order valence-corrected chi connectivity index (χ0v) is 16.2. The van der Waals surface area contributed by atoms with Gasteiger partial charge < -0.3 is 9.30 Å². The molecule has 28 heavy (non-hydrogen) atoms. The molecule has 8 heteroatoms. The van der Waals surface area contributed by atoms with E-state index in [1.54, 1.807) is 6.92 Å². The number of unbranched alkanes of at least 4 members (excludes halogenated alkanes) is 3. The highest BCUT2D eigenvalue weighted by atomic mass is 16.5. The van der Waals surface area contributed by atoms with Crippen molar-refractivity contribution < 1.29 is 9.53 Å². The number of aromatic nitrogens is 4. The lowest BCUT2D eigenvalue weighted by atomic mass is 10.1. The van der Waals surface area contributed by atoms with Crippen molar-refractivity contribution in [1.29, 1.82) is 0 Å². The largest absolute Gasteiger partial charge is 0.466 e. The zero-order valence-electron chi connectivity index (χ0n) is 16.2. The van der Waals surface area contributed by atoms with Crippen molar-refractivity contribution in [2.24, 2.45) is 0 Å². The molecular formula is C20H24N4O4. The standard InChI is InChI=1S/C20H24N4O4/c1-3-28-16(25)8-6-4-5-7-11-24-15-12-13(2)9-10-14(15)21-17-18(24)22-20(27)23-19(17)26/h9-10,12H,3-8,11H2,1-2H3,(H,23,26,27). The molecule has 2 aliphatic heterocycles. The summed E-state index contributed by atoms with van der Waals surface area (Å²) in [6.45, 7) is 4.79. The number of fused-ring (bicyclic) bond motifs is 2. The zero-order chi connectivity index (χ0) is 20.1. The van der Waals surface area contributed by atoms with E-state index in [4.69, 9.17) is 4.74 Å². The third kappa shape index (κ3) is 4.44. The molecule has 0 unspecified atom stereocenters. The van der Waals surface area contributed by atoms with Gasteiger partial charge in [-0.05, 0) is 44.4 Å². The molecule has 0 saturated carbocycles. The number of nitrogens with zero attached hydrogens (tertiary/aromatic N) is 3. The van der Waals surface area contributed by atoms with Gasteiger partial charge in [0, 0.05) is 13.0 Å². The summed E-state index contributed by atoms with van der Waals surface area (Å²) in [4.78, 5) is 45.9. The summed E-state index contributed by atoms with van der Waals surface area (Å²) in [7, 11) is 0. The molecular weight excluding hydrogens is 360 g/mol. The fourth-order valence-electron chi connectivity index (χ4n) is 3.25. The number of hydrogen-bond donors (Lipinski definition) is 1. The molecule has 0 saturated heterocycles. The lowest BCUT2D eigenvalue weighted by Gasteiger charge is -2.17. The summed E-state index contributed by atoms with van der Waals surface area (Å²) in [6, 6.07) is 5.78. The predicted octanol–water partition coefficient (Wildman–Crippen LogP) is 2.41. The van der Waals surface area contributed by atoms with E-state index in [2.05, 4.69) is 15.0 Å². The number of benzene rings is 1. The molecule has 0 fully saturated rings. The lowest BCUT2D eigenvalue weighted by molar-refractivity contribution is -0.143. The minimum Gasteiger partial charge on any atom is -0.466 e. The van der Waals surface area contributed by atoms with Crippen LogP contribution in [-0.4, -0.2) is 32.1 Å². The Bertz CT molecular complexity index is 1070. The van der Waals surface area contributed by atoms with Crippen molar-refractivity contribution in [3.63, 3.8) is 0 Å². The predicted molar refractivity (Wildman–Crippen MR) is 105 cm³/mol. The van der Waals surface area contributed by atoms with Crippen molar-refractivity contribution >= 4 is 17.0 Å². The number of hydrogen-bond acceptors (Lipinski definition) is 6. The highest BCUT2D eigenvalue weighted by Crippen LogP contribution is 2.22. The first-order chi connectivity index (χ1) is 13.5. The summed E-state index contributed by atoms with van der Waals surface area (Å²) >= 11 is 0. The maximum absolute atomic E-state index is 12.2. The van der Waals surface area contributed by atoms with Crippen molar-refractivity contribution in [2.45, 2.75) is 52.5 Å². The minimum absolute atomic E-state index is 0.162. The van der Waals surface area contributed by atoms with Gasteiger partial charge >= 0.3 is 11.7 Å². The van der Waals surface area contributed by atoms with E-state index >= 15 is 0 Å². The number of esters is 1. The Morgan fingerprint density at radius 3 is 2.71 bits per heavy atom. The molecule has 1 N–H and O–H groups in total. The average Bonchev–Trinajstić information content (AvgIpc) is 2.64. The van der Waals surface area contributed by atoms with E-state index in [0.717, 1.165) is 36.8 Å². The molecule has 0 bridgehead atoms. The van der Waals surface area contributed by atoms with Crippen LogP contribution in [0.4, 0.5) is 0 Å². The Morgan fingerprint density at radius 1 is 1.14 bits per heavy atom. The van der Waals surface area contributed by atoms with Crippen LogP contribution in [0.15, 0.2) is 27.8 Å². The second-order valence-electron chi connectivity index (χ2n) is 6.77. The Labute approximate surface area is 161 Å². The number of aromatic amines is 1. The van der Waals surface area contributed by atoms with Crippen molar-refractivity contribution in [3.05, 3.63) is 44.6 Å². The molecule has 0 aliphatic carbocycles. The van der Waals surface area contributed by atoms with Gasteiger partial charge in [0.15, 0.2) is 11.5 Å². The number of ether oxygens (including phenoxy) is 1. The summed E-state index contributed by atoms with van der Waals surface area (Å²) in [5, 5.41) is 0. The number of rotatable bonds is 8. The topological polar surface area (TPSA) is 107 Å². The van der Waals surface area contributed by atoms with Crippen LogP contribution in [-0.2, 0) is 16.1 Å². The Kier molecular flexibility index (Phi) is 6.18. The van der Waals surface area contributed by atoms with E-state index in [-0.39, 0.29) is 11.7 Å². The van der Waals surface area contributed by atoms with E-state index in [0.29, 0.717) is 30.9 Å². The van der Waals surface area contributed by atoms with Gasteiger partial charge in [0.1, 0.15) is 0 Å². The molecule has 0 spiro atoms. The van der Waals surface area contributed by atoms with Crippen molar-refractivity contribution in [2.75, 3.05) is 6.61 Å². The summed E-state index contributed by atoms with van der Waals surface area (Å²) in [5.41, 5.74) is 1.56. The van der Waals surface area contributed by atoms with Crippen LogP contribution < -0.4 is 11.2 Å². The summed E-state index contributed by atoms with van der Waals surface area (Å²) in [6.07, 6.45) is 3.86. The van der Waals surface area contributed by atoms with Gasteiger partial charge in [0.25, 0.3) is 5.56 Å². The Hall–Kier alpha value is -3.03. The molecule has 2 heterocycles. The maximum Gasteiger partial charge on any atom is 0.349 e. The number of carbonyl (C=O) groups excluding carboxylic acids is 1. The van der Waals surface area contributed by atoms with Crippen LogP contribution in [0.5, 0.6) is 0 Å². The van der Waals surface area contributed by atoms with Crippen LogP contribution in [0.2, 0.25) is 0 Å². The SMILES string of the molecule is CCOC(=O)CCCCCCn1c2nc(=O)[nH]c(=O)c-2nc2ccc(C)cc21. The number of H-pyrrole nitrogens is 1. The fraction of sp³-hybridized carbons (Fsp3) is 0.450. The minimum atomic E-state index is -0.672. The van der Waals surface area contributed by atoms with Crippen LogP contribution in [0, 0.1) is 6.92 Å². The van der Waals surface area contributed by atoms with Crippen LogP contribution >= 0.6 is 0 Å². The lowest BCUT2D eigenvalue weighted by Crippen LogP contribution is -2.29. The Morgan fingerprint density at radius 2 is 1.93 bits per heavy atom. The summed E-state index contributed by atoms with van der Waals surface area (Å²) in [5.74, 6) is 0.142. The fourth-order valence-corrected chi connectivity index (χ4v) is 3.25. The van der Waals surface area contributed by atoms with Gasteiger partial charge in [-0.2, -0.15) is 4.98 Å². The van der Waals surface area contributed by atoms with Gasteiger partial charge in [-0.25, -0.2) is 9.78 Å². The third-order valence-corrected chi connectivity index (χ3v) is 4.58.